The molecule has 184 valence electrons. The molecule has 3 aromatic rings. The highest BCUT2D eigenvalue weighted by atomic mass is 32.2. The minimum Gasteiger partial charge on any atom is -0.369 e. The zero-order valence-corrected chi connectivity index (χ0v) is 20.7. The van der Waals surface area contributed by atoms with Crippen molar-refractivity contribution in [3.8, 4) is 0 Å². The molecule has 0 atom stereocenters. The summed E-state index contributed by atoms with van der Waals surface area (Å²) in [6.07, 6.45) is 4.30. The summed E-state index contributed by atoms with van der Waals surface area (Å²) in [7, 11) is 0. The van der Waals surface area contributed by atoms with Crippen LogP contribution in [0.5, 0.6) is 0 Å². The predicted molar refractivity (Wildman–Crippen MR) is 141 cm³/mol. The average molecular weight is 524 g/mol. The number of halogens is 1. The van der Waals surface area contributed by atoms with Crippen LogP contribution in [0.1, 0.15) is 24.0 Å². The second kappa shape index (κ2) is 9.82. The van der Waals surface area contributed by atoms with Crippen LogP contribution in [0.25, 0.3) is 11.7 Å². The van der Waals surface area contributed by atoms with Crippen molar-refractivity contribution in [2.24, 2.45) is 11.7 Å². The van der Waals surface area contributed by atoms with Gasteiger partial charge in [-0.3, -0.25) is 23.7 Å². The Morgan fingerprint density at radius 3 is 2.58 bits per heavy atom. The molecule has 5 rings (SSSR count). The number of hydrogen-bond acceptors (Lipinski definition) is 7. The predicted octanol–water partition coefficient (Wildman–Crippen LogP) is 2.94. The number of thioether (sulfide) groups is 1. The molecule has 2 saturated heterocycles. The van der Waals surface area contributed by atoms with Gasteiger partial charge in [-0.15, -0.1) is 0 Å². The molecule has 2 aliphatic heterocycles. The Bertz CT molecular complexity index is 1460. The average Bonchev–Trinajstić information content (AvgIpc) is 3.14. The summed E-state index contributed by atoms with van der Waals surface area (Å²) in [6, 6.07) is 11.1. The first kappa shape index (κ1) is 24.1. The topological polar surface area (TPSA) is 101 Å². The van der Waals surface area contributed by atoms with Gasteiger partial charge in [-0.05, 0) is 48.7 Å². The standard InChI is InChI=1S/C25H22FN5O3S2/c26-17-6-4-15(5-7-17)14-31-24(34)19(36-25(31)35)13-18-22(29-11-8-16(9-12-29)21(27)32)28-20-3-1-2-10-30(20)23(18)33/h1-7,10,13,16H,8-9,11-12,14H2,(H2,27,32)/b19-13+. The molecule has 0 unspecified atom stereocenters. The van der Waals surface area contributed by atoms with Crippen LogP contribution < -0.4 is 16.2 Å². The zero-order valence-electron chi connectivity index (χ0n) is 19.1. The quantitative estimate of drug-likeness (QED) is 0.405. The summed E-state index contributed by atoms with van der Waals surface area (Å²) in [5.74, 6) is -0.774. The van der Waals surface area contributed by atoms with Gasteiger partial charge in [-0.2, -0.15) is 0 Å². The Morgan fingerprint density at radius 2 is 1.89 bits per heavy atom. The van der Waals surface area contributed by atoms with Gasteiger partial charge in [0.2, 0.25) is 5.91 Å². The second-order valence-corrected chi connectivity index (χ2v) is 10.3. The van der Waals surface area contributed by atoms with Crippen LogP contribution >= 0.6 is 24.0 Å². The molecule has 4 heterocycles. The number of nitrogens with zero attached hydrogens (tertiary/aromatic N) is 4. The largest absolute Gasteiger partial charge is 0.369 e. The molecule has 2 amide bonds. The normalized spacial score (nSPS) is 18.0. The van der Waals surface area contributed by atoms with E-state index in [1.807, 2.05) is 4.90 Å². The Kier molecular flexibility index (Phi) is 6.59. The number of pyridine rings is 1. The van der Waals surface area contributed by atoms with E-state index in [2.05, 4.69) is 0 Å². The van der Waals surface area contributed by atoms with Crippen molar-refractivity contribution >= 4 is 57.7 Å². The van der Waals surface area contributed by atoms with E-state index in [0.29, 0.717) is 46.6 Å². The summed E-state index contributed by atoms with van der Waals surface area (Å²) in [6.45, 7) is 1.22. The number of carbonyl (C=O) groups is 2. The van der Waals surface area contributed by atoms with Gasteiger partial charge in [0.15, 0.2) is 0 Å². The molecule has 1 aromatic carbocycles. The SMILES string of the molecule is NC(=O)C1CCN(c2nc3ccccn3c(=O)c2/C=C2/SC(=S)N(Cc3ccc(F)cc3)C2=O)CC1. The molecule has 2 aliphatic rings. The van der Waals surface area contributed by atoms with E-state index in [1.54, 1.807) is 42.6 Å². The number of amides is 2. The van der Waals surface area contributed by atoms with Gasteiger partial charge in [0.1, 0.15) is 21.6 Å². The summed E-state index contributed by atoms with van der Waals surface area (Å²) in [5, 5.41) is 0. The molecule has 0 aliphatic carbocycles. The maximum atomic E-state index is 13.5. The van der Waals surface area contributed by atoms with E-state index in [9.17, 15) is 18.8 Å². The fourth-order valence-corrected chi connectivity index (χ4v) is 5.61. The van der Waals surface area contributed by atoms with E-state index < -0.39 is 0 Å². The van der Waals surface area contributed by atoms with Crippen molar-refractivity contribution in [1.29, 1.82) is 0 Å². The highest BCUT2D eigenvalue weighted by molar-refractivity contribution is 8.26. The molecule has 2 fully saturated rings. The summed E-state index contributed by atoms with van der Waals surface area (Å²) in [5.41, 5.74) is 6.67. The zero-order chi connectivity index (χ0) is 25.4. The van der Waals surface area contributed by atoms with Gasteiger partial charge < -0.3 is 10.6 Å². The first-order valence-corrected chi connectivity index (χ1v) is 12.6. The van der Waals surface area contributed by atoms with Crippen LogP contribution in [-0.2, 0) is 16.1 Å². The van der Waals surface area contributed by atoms with E-state index in [1.165, 1.54) is 21.4 Å². The molecule has 2 aromatic heterocycles. The summed E-state index contributed by atoms with van der Waals surface area (Å²) < 4.78 is 15.1. The fourth-order valence-electron chi connectivity index (χ4n) is 4.37. The van der Waals surface area contributed by atoms with Gasteiger partial charge in [-0.25, -0.2) is 9.37 Å². The molecular weight excluding hydrogens is 501 g/mol. The lowest BCUT2D eigenvalue weighted by molar-refractivity contribution is -0.123. The van der Waals surface area contributed by atoms with Crippen molar-refractivity contribution in [1.82, 2.24) is 14.3 Å². The third kappa shape index (κ3) is 4.63. The van der Waals surface area contributed by atoms with Crippen LogP contribution in [0.15, 0.2) is 58.4 Å². The first-order chi connectivity index (χ1) is 17.3. The van der Waals surface area contributed by atoms with Crippen LogP contribution in [0.3, 0.4) is 0 Å². The van der Waals surface area contributed by atoms with Gasteiger partial charge in [0.05, 0.1) is 17.0 Å². The molecule has 2 N–H and O–H groups in total. The van der Waals surface area contributed by atoms with E-state index in [4.69, 9.17) is 22.9 Å². The second-order valence-electron chi connectivity index (χ2n) is 8.64. The Morgan fingerprint density at radius 1 is 1.17 bits per heavy atom. The molecule has 36 heavy (non-hydrogen) atoms. The van der Waals surface area contributed by atoms with Gasteiger partial charge in [-0.1, -0.05) is 42.2 Å². The minimum absolute atomic E-state index is 0.199. The number of benzene rings is 1. The van der Waals surface area contributed by atoms with Crippen molar-refractivity contribution in [2.75, 3.05) is 18.0 Å². The van der Waals surface area contributed by atoms with Gasteiger partial charge in [0, 0.05) is 25.2 Å². The number of aromatic nitrogens is 2. The summed E-state index contributed by atoms with van der Waals surface area (Å²) in [4.78, 5) is 46.8. The number of anilines is 1. The molecular formula is C25H22FN5O3S2. The maximum absolute atomic E-state index is 13.5. The van der Waals surface area contributed by atoms with E-state index >= 15 is 0 Å². The molecule has 0 spiro atoms. The smallest absolute Gasteiger partial charge is 0.267 e. The van der Waals surface area contributed by atoms with E-state index in [0.717, 1.165) is 17.3 Å². The first-order valence-electron chi connectivity index (χ1n) is 11.4. The lowest BCUT2D eigenvalue weighted by Gasteiger charge is -2.32. The summed E-state index contributed by atoms with van der Waals surface area (Å²) >= 11 is 6.55. The third-order valence-electron chi connectivity index (χ3n) is 6.35. The number of fused-ring (bicyclic) bond motifs is 1. The minimum atomic E-state index is -0.360. The highest BCUT2D eigenvalue weighted by Gasteiger charge is 2.33. The lowest BCUT2D eigenvalue weighted by atomic mass is 9.96. The molecule has 11 heteroatoms. The number of carbonyl (C=O) groups excluding carboxylic acids is 2. The van der Waals surface area contributed by atoms with Gasteiger partial charge in [0.25, 0.3) is 11.5 Å². The van der Waals surface area contributed by atoms with Crippen LogP contribution in [0, 0.1) is 11.7 Å². The Hall–Kier alpha value is -3.57. The maximum Gasteiger partial charge on any atom is 0.267 e. The Balaban J connectivity index is 1.51. The molecule has 0 bridgehead atoms. The van der Waals surface area contributed by atoms with Crippen LogP contribution in [0.4, 0.5) is 10.2 Å². The third-order valence-corrected chi connectivity index (χ3v) is 7.73. The monoisotopic (exact) mass is 523 g/mol. The van der Waals surface area contributed by atoms with Crippen molar-refractivity contribution in [3.05, 3.63) is 80.9 Å². The van der Waals surface area contributed by atoms with Crippen LogP contribution in [0.2, 0.25) is 0 Å². The van der Waals surface area contributed by atoms with Crippen LogP contribution in [-0.4, -0.2) is 43.5 Å². The number of rotatable bonds is 5. The highest BCUT2D eigenvalue weighted by Crippen LogP contribution is 2.35. The van der Waals surface area contributed by atoms with Gasteiger partial charge >= 0.3 is 0 Å². The number of primary amides is 1. The molecule has 0 radical (unpaired) electrons. The lowest BCUT2D eigenvalue weighted by Crippen LogP contribution is -2.40. The number of thiocarbonyl (C=S) groups is 1. The molecule has 8 nitrogen and oxygen atoms in total. The fraction of sp³-hybridized carbons (Fsp3) is 0.240. The van der Waals surface area contributed by atoms with Crippen molar-refractivity contribution in [3.63, 3.8) is 0 Å². The van der Waals surface area contributed by atoms with E-state index in [-0.39, 0.29) is 41.2 Å². The molecule has 0 saturated carbocycles. The van der Waals surface area contributed by atoms with Crippen molar-refractivity contribution < 1.29 is 14.0 Å². The number of nitrogens with two attached hydrogens (primary N) is 1. The number of hydrogen-bond donors (Lipinski definition) is 1. The Labute approximate surface area is 215 Å². The number of piperidine rings is 1. The van der Waals surface area contributed by atoms with Crippen molar-refractivity contribution in [2.45, 2.75) is 19.4 Å².